The molecule has 7 heteroatoms. The van der Waals surface area contributed by atoms with Crippen molar-refractivity contribution in [3.8, 4) is 0 Å². The summed E-state index contributed by atoms with van der Waals surface area (Å²) >= 11 is 0. The van der Waals surface area contributed by atoms with Gasteiger partial charge in [-0.3, -0.25) is 10.1 Å². The lowest BCUT2D eigenvalue weighted by Gasteiger charge is -2.20. The van der Waals surface area contributed by atoms with Crippen LogP contribution in [0.3, 0.4) is 0 Å². The molecule has 0 aliphatic carbocycles. The fourth-order valence-corrected chi connectivity index (χ4v) is 1.41. The number of hydrogen-bond donors (Lipinski definition) is 1. The van der Waals surface area contributed by atoms with Crippen molar-refractivity contribution in [2.75, 3.05) is 0 Å². The Morgan fingerprint density at radius 2 is 2.00 bits per heavy atom. The number of nitro groups is 1. The molecule has 0 aromatic carbocycles. The van der Waals surface area contributed by atoms with Crippen LogP contribution < -0.4 is 0 Å². The minimum absolute atomic E-state index is 0.109. The zero-order chi connectivity index (χ0) is 12.7. The fourth-order valence-electron chi connectivity index (χ4n) is 1.41. The standard InChI is InChI=1S/C9H13N3O4/c1-5-6(12(15)16)7(8(13)14)11(10-5)9(2,3)4/h1-4H3,(H,13,14). The van der Waals surface area contributed by atoms with Gasteiger partial charge in [0, 0.05) is 0 Å². The molecule has 1 aromatic heterocycles. The lowest BCUT2D eigenvalue weighted by Crippen LogP contribution is -2.27. The van der Waals surface area contributed by atoms with Gasteiger partial charge in [-0.05, 0) is 27.7 Å². The number of aromatic nitrogens is 2. The van der Waals surface area contributed by atoms with Gasteiger partial charge in [-0.25, -0.2) is 9.48 Å². The molecule has 0 bridgehead atoms. The third-order valence-corrected chi connectivity index (χ3v) is 2.05. The predicted octanol–water partition coefficient (Wildman–Crippen LogP) is 1.55. The molecule has 0 unspecified atom stereocenters. The molecule has 0 saturated carbocycles. The zero-order valence-electron chi connectivity index (χ0n) is 9.51. The number of aromatic carboxylic acids is 1. The Labute approximate surface area is 91.8 Å². The van der Waals surface area contributed by atoms with E-state index in [1.54, 1.807) is 20.8 Å². The van der Waals surface area contributed by atoms with E-state index in [2.05, 4.69) is 5.10 Å². The van der Waals surface area contributed by atoms with Crippen molar-refractivity contribution in [2.45, 2.75) is 33.2 Å². The summed E-state index contributed by atoms with van der Waals surface area (Å²) < 4.78 is 1.17. The van der Waals surface area contributed by atoms with Crippen LogP contribution >= 0.6 is 0 Å². The Hall–Kier alpha value is -1.92. The summed E-state index contributed by atoms with van der Waals surface area (Å²) in [5, 5.41) is 23.7. The van der Waals surface area contributed by atoms with E-state index in [0.29, 0.717) is 0 Å². The predicted molar refractivity (Wildman–Crippen MR) is 55.6 cm³/mol. The number of carboxylic acid groups (broad SMARTS) is 1. The first kappa shape index (κ1) is 12.2. The lowest BCUT2D eigenvalue weighted by molar-refractivity contribution is -0.385. The van der Waals surface area contributed by atoms with Crippen LogP contribution in [-0.4, -0.2) is 25.8 Å². The molecule has 7 nitrogen and oxygen atoms in total. The largest absolute Gasteiger partial charge is 0.476 e. The van der Waals surface area contributed by atoms with Crippen molar-refractivity contribution >= 4 is 11.7 Å². The topological polar surface area (TPSA) is 98.3 Å². The van der Waals surface area contributed by atoms with Crippen LogP contribution in [0.5, 0.6) is 0 Å². The smallest absolute Gasteiger partial charge is 0.361 e. The first-order chi connectivity index (χ1) is 7.16. The second kappa shape index (κ2) is 3.58. The van der Waals surface area contributed by atoms with Crippen LogP contribution in [0.2, 0.25) is 0 Å². The average molecular weight is 227 g/mol. The van der Waals surface area contributed by atoms with Gasteiger partial charge in [0.05, 0.1) is 10.5 Å². The van der Waals surface area contributed by atoms with E-state index in [0.717, 1.165) is 0 Å². The van der Waals surface area contributed by atoms with E-state index in [1.807, 2.05) is 0 Å². The van der Waals surface area contributed by atoms with Crippen LogP contribution in [-0.2, 0) is 5.54 Å². The first-order valence-electron chi connectivity index (χ1n) is 4.64. The molecule has 1 aromatic rings. The van der Waals surface area contributed by atoms with E-state index in [1.165, 1.54) is 11.6 Å². The van der Waals surface area contributed by atoms with Gasteiger partial charge in [0.2, 0.25) is 5.69 Å². The molecule has 0 aliphatic heterocycles. The van der Waals surface area contributed by atoms with Crippen molar-refractivity contribution in [1.29, 1.82) is 0 Å². The summed E-state index contributed by atoms with van der Waals surface area (Å²) in [4.78, 5) is 21.1. The maximum atomic E-state index is 11.0. The van der Waals surface area contributed by atoms with Crippen LogP contribution in [0.4, 0.5) is 5.69 Å². The summed E-state index contributed by atoms with van der Waals surface area (Å²) in [6.45, 7) is 6.62. The molecular formula is C9H13N3O4. The normalized spacial score (nSPS) is 11.5. The van der Waals surface area contributed by atoms with E-state index < -0.39 is 22.1 Å². The maximum Gasteiger partial charge on any atom is 0.361 e. The molecule has 0 aliphatic rings. The van der Waals surface area contributed by atoms with Gasteiger partial charge < -0.3 is 5.11 Å². The SMILES string of the molecule is Cc1nn(C(C)(C)C)c(C(=O)O)c1[N+](=O)[O-]. The Morgan fingerprint density at radius 1 is 1.50 bits per heavy atom. The highest BCUT2D eigenvalue weighted by Gasteiger charge is 2.34. The Morgan fingerprint density at radius 3 is 2.31 bits per heavy atom. The monoisotopic (exact) mass is 227 g/mol. The minimum atomic E-state index is -1.35. The fraction of sp³-hybridized carbons (Fsp3) is 0.556. The summed E-state index contributed by atoms with van der Waals surface area (Å²) in [6.07, 6.45) is 0. The van der Waals surface area contributed by atoms with Gasteiger partial charge in [-0.2, -0.15) is 5.10 Å². The second-order valence-corrected chi connectivity index (χ2v) is 4.43. The van der Waals surface area contributed by atoms with Gasteiger partial charge in [-0.15, -0.1) is 0 Å². The molecule has 16 heavy (non-hydrogen) atoms. The van der Waals surface area contributed by atoms with Gasteiger partial charge in [0.1, 0.15) is 5.69 Å². The quantitative estimate of drug-likeness (QED) is 0.610. The first-order valence-corrected chi connectivity index (χ1v) is 4.64. The molecule has 0 saturated heterocycles. The van der Waals surface area contributed by atoms with Crippen molar-refractivity contribution in [1.82, 2.24) is 9.78 Å². The number of rotatable bonds is 2. The average Bonchev–Trinajstić information content (AvgIpc) is 2.41. The Bertz CT molecular complexity index is 456. The highest BCUT2D eigenvalue weighted by Crippen LogP contribution is 2.27. The second-order valence-electron chi connectivity index (χ2n) is 4.43. The molecule has 1 rings (SSSR count). The molecule has 0 atom stereocenters. The van der Waals surface area contributed by atoms with Gasteiger partial charge in [0.15, 0.2) is 0 Å². The molecule has 1 heterocycles. The Balaban J connectivity index is 3.60. The molecule has 1 N–H and O–H groups in total. The van der Waals surface area contributed by atoms with E-state index in [-0.39, 0.29) is 11.4 Å². The van der Waals surface area contributed by atoms with Crippen molar-refractivity contribution in [3.63, 3.8) is 0 Å². The van der Waals surface area contributed by atoms with Crippen LogP contribution in [0.25, 0.3) is 0 Å². The van der Waals surface area contributed by atoms with E-state index in [9.17, 15) is 14.9 Å². The molecular weight excluding hydrogens is 214 g/mol. The van der Waals surface area contributed by atoms with Crippen molar-refractivity contribution in [3.05, 3.63) is 21.5 Å². The number of carboxylic acids is 1. The van der Waals surface area contributed by atoms with Crippen molar-refractivity contribution < 1.29 is 14.8 Å². The van der Waals surface area contributed by atoms with Gasteiger partial charge >= 0.3 is 11.7 Å². The molecule has 88 valence electrons. The highest BCUT2D eigenvalue weighted by molar-refractivity contribution is 5.91. The van der Waals surface area contributed by atoms with Gasteiger partial charge in [0.25, 0.3) is 0 Å². The van der Waals surface area contributed by atoms with Gasteiger partial charge in [-0.1, -0.05) is 0 Å². The van der Waals surface area contributed by atoms with Crippen LogP contribution in [0.1, 0.15) is 37.0 Å². The van der Waals surface area contributed by atoms with Crippen molar-refractivity contribution in [2.24, 2.45) is 0 Å². The number of aryl methyl sites for hydroxylation is 1. The summed E-state index contributed by atoms with van der Waals surface area (Å²) in [6, 6.07) is 0. The number of carbonyl (C=O) groups is 1. The third-order valence-electron chi connectivity index (χ3n) is 2.05. The zero-order valence-corrected chi connectivity index (χ0v) is 9.51. The van der Waals surface area contributed by atoms with Crippen LogP contribution in [0.15, 0.2) is 0 Å². The Kier molecular flexibility index (Phi) is 2.72. The summed E-state index contributed by atoms with van der Waals surface area (Å²) in [5.74, 6) is -1.35. The molecule has 0 fully saturated rings. The van der Waals surface area contributed by atoms with E-state index >= 15 is 0 Å². The highest BCUT2D eigenvalue weighted by atomic mass is 16.6. The molecule has 0 radical (unpaired) electrons. The maximum absolute atomic E-state index is 11.0. The molecule has 0 amide bonds. The number of nitrogens with zero attached hydrogens (tertiary/aromatic N) is 3. The lowest BCUT2D eigenvalue weighted by atomic mass is 10.1. The molecule has 0 spiro atoms. The third kappa shape index (κ3) is 1.88. The summed E-state index contributed by atoms with van der Waals surface area (Å²) in [5.41, 5.74) is -1.33. The summed E-state index contributed by atoms with van der Waals surface area (Å²) in [7, 11) is 0. The minimum Gasteiger partial charge on any atom is -0.476 e. The van der Waals surface area contributed by atoms with E-state index in [4.69, 9.17) is 5.11 Å². The van der Waals surface area contributed by atoms with Crippen LogP contribution in [0, 0.1) is 17.0 Å². The number of hydrogen-bond acceptors (Lipinski definition) is 4.